The van der Waals surface area contributed by atoms with Crippen LogP contribution in [0.1, 0.15) is 64.1 Å². The lowest BCUT2D eigenvalue weighted by atomic mass is 9.92. The molecule has 0 aromatic carbocycles. The summed E-state index contributed by atoms with van der Waals surface area (Å²) in [7, 11) is 0. The molecule has 3 rings (SSSR count). The summed E-state index contributed by atoms with van der Waals surface area (Å²) in [4.78, 5) is 0. The van der Waals surface area contributed by atoms with Gasteiger partial charge in [-0.15, -0.1) is 10.2 Å². The van der Waals surface area contributed by atoms with E-state index in [9.17, 15) is 0 Å². The Morgan fingerprint density at radius 2 is 2.22 bits per heavy atom. The molecule has 1 fully saturated rings. The molecule has 1 saturated carbocycles. The van der Waals surface area contributed by atoms with Gasteiger partial charge in [0.05, 0.1) is 6.04 Å². The van der Waals surface area contributed by atoms with E-state index in [4.69, 9.17) is 0 Å². The zero-order valence-electron chi connectivity index (χ0n) is 11.7. The number of nitrogens with zero attached hydrogens (tertiary/aromatic N) is 3. The molecule has 0 radical (unpaired) electrons. The van der Waals surface area contributed by atoms with Crippen molar-refractivity contribution >= 4 is 0 Å². The van der Waals surface area contributed by atoms with Crippen LogP contribution in [0.3, 0.4) is 0 Å². The third-order valence-corrected chi connectivity index (χ3v) is 4.48. The second-order valence-corrected chi connectivity index (χ2v) is 6.72. The molecule has 2 atom stereocenters. The molecule has 0 bridgehead atoms. The van der Waals surface area contributed by atoms with E-state index in [0.29, 0.717) is 17.5 Å². The first-order chi connectivity index (χ1) is 8.55. The fourth-order valence-corrected chi connectivity index (χ4v) is 3.50. The highest BCUT2D eigenvalue weighted by atomic mass is 15.3. The summed E-state index contributed by atoms with van der Waals surface area (Å²) in [6, 6.07) is 0.965. The van der Waals surface area contributed by atoms with Crippen LogP contribution in [-0.2, 0) is 13.0 Å². The standard InChI is InChI=1S/C14H24N4/c1-10(15-11-6-7-14(2,3)9-11)13-17-16-12-5-4-8-18(12)13/h10-11,15H,4-9H2,1-3H3. The van der Waals surface area contributed by atoms with E-state index in [0.717, 1.165) is 18.8 Å². The zero-order chi connectivity index (χ0) is 12.8. The first kappa shape index (κ1) is 12.2. The molecule has 2 unspecified atom stereocenters. The Morgan fingerprint density at radius 1 is 1.39 bits per heavy atom. The Hall–Kier alpha value is -0.900. The molecule has 1 aromatic heterocycles. The number of fused-ring (bicyclic) bond motifs is 1. The van der Waals surface area contributed by atoms with Crippen molar-refractivity contribution in [2.75, 3.05) is 0 Å². The second-order valence-electron chi connectivity index (χ2n) is 6.72. The number of hydrogen-bond acceptors (Lipinski definition) is 3. The van der Waals surface area contributed by atoms with Crippen molar-refractivity contribution < 1.29 is 0 Å². The molecule has 1 N–H and O–H groups in total. The predicted molar refractivity (Wildman–Crippen MR) is 71.3 cm³/mol. The normalized spacial score (nSPS) is 27.4. The Bertz CT molecular complexity index is 435. The van der Waals surface area contributed by atoms with Gasteiger partial charge in [-0.3, -0.25) is 0 Å². The summed E-state index contributed by atoms with van der Waals surface area (Å²) in [5, 5.41) is 12.4. The smallest absolute Gasteiger partial charge is 0.149 e. The van der Waals surface area contributed by atoms with Gasteiger partial charge in [0.25, 0.3) is 0 Å². The molecule has 0 amide bonds. The summed E-state index contributed by atoms with van der Waals surface area (Å²) in [5.74, 6) is 2.30. The van der Waals surface area contributed by atoms with E-state index in [1.54, 1.807) is 0 Å². The highest BCUT2D eigenvalue weighted by Gasteiger charge is 2.32. The van der Waals surface area contributed by atoms with Gasteiger partial charge >= 0.3 is 0 Å². The molecule has 1 aromatic rings. The van der Waals surface area contributed by atoms with Gasteiger partial charge in [-0.2, -0.15) is 0 Å². The molecule has 2 aliphatic rings. The molecular weight excluding hydrogens is 224 g/mol. The number of aromatic nitrogens is 3. The Kier molecular flexibility index (Phi) is 2.93. The Morgan fingerprint density at radius 3 is 2.94 bits per heavy atom. The molecule has 0 saturated heterocycles. The van der Waals surface area contributed by atoms with Gasteiger partial charge in [-0.25, -0.2) is 0 Å². The van der Waals surface area contributed by atoms with Crippen LogP contribution in [0.4, 0.5) is 0 Å². The van der Waals surface area contributed by atoms with Crippen LogP contribution in [0, 0.1) is 5.41 Å². The van der Waals surface area contributed by atoms with Crippen LogP contribution < -0.4 is 5.32 Å². The SMILES string of the molecule is CC(NC1CCC(C)(C)C1)c1nnc2n1CCC2. The van der Waals surface area contributed by atoms with Gasteiger partial charge in [-0.05, 0) is 38.0 Å². The number of rotatable bonds is 3. The minimum atomic E-state index is 0.322. The average Bonchev–Trinajstić information content (AvgIpc) is 2.92. The third-order valence-electron chi connectivity index (χ3n) is 4.48. The predicted octanol–water partition coefficient (Wildman–Crippen LogP) is 2.45. The van der Waals surface area contributed by atoms with Crippen molar-refractivity contribution in [3.05, 3.63) is 11.6 Å². The fraction of sp³-hybridized carbons (Fsp3) is 0.857. The fourth-order valence-electron chi connectivity index (χ4n) is 3.50. The Labute approximate surface area is 109 Å². The maximum atomic E-state index is 4.37. The van der Waals surface area contributed by atoms with E-state index in [1.807, 2.05) is 0 Å². The highest BCUT2D eigenvalue weighted by molar-refractivity contribution is 5.05. The molecule has 4 heteroatoms. The van der Waals surface area contributed by atoms with Crippen LogP contribution in [0.15, 0.2) is 0 Å². The molecule has 4 nitrogen and oxygen atoms in total. The van der Waals surface area contributed by atoms with E-state index in [1.165, 1.54) is 31.5 Å². The monoisotopic (exact) mass is 248 g/mol. The molecule has 1 aliphatic heterocycles. The molecule has 18 heavy (non-hydrogen) atoms. The van der Waals surface area contributed by atoms with Crippen molar-refractivity contribution in [1.29, 1.82) is 0 Å². The quantitative estimate of drug-likeness (QED) is 0.893. The summed E-state index contributed by atoms with van der Waals surface area (Å²) in [5.41, 5.74) is 0.504. The number of aryl methyl sites for hydroxylation is 1. The van der Waals surface area contributed by atoms with Gasteiger partial charge in [0.1, 0.15) is 11.6 Å². The van der Waals surface area contributed by atoms with E-state index in [2.05, 4.69) is 40.9 Å². The minimum absolute atomic E-state index is 0.322. The van der Waals surface area contributed by atoms with Crippen molar-refractivity contribution in [3.8, 4) is 0 Å². The van der Waals surface area contributed by atoms with Gasteiger partial charge in [0.15, 0.2) is 0 Å². The first-order valence-corrected chi connectivity index (χ1v) is 7.23. The van der Waals surface area contributed by atoms with Crippen LogP contribution in [0.5, 0.6) is 0 Å². The van der Waals surface area contributed by atoms with Crippen LogP contribution in [0.2, 0.25) is 0 Å². The largest absolute Gasteiger partial charge is 0.314 e. The molecule has 2 heterocycles. The maximum Gasteiger partial charge on any atom is 0.149 e. The van der Waals surface area contributed by atoms with Crippen molar-refractivity contribution in [1.82, 2.24) is 20.1 Å². The van der Waals surface area contributed by atoms with Crippen molar-refractivity contribution in [2.24, 2.45) is 5.41 Å². The first-order valence-electron chi connectivity index (χ1n) is 7.23. The third kappa shape index (κ3) is 2.18. The summed E-state index contributed by atoms with van der Waals surface area (Å²) in [6.07, 6.45) is 6.21. The van der Waals surface area contributed by atoms with Gasteiger partial charge in [0.2, 0.25) is 0 Å². The number of hydrogen-bond donors (Lipinski definition) is 1. The lowest BCUT2D eigenvalue weighted by molar-refractivity contribution is 0.352. The lowest BCUT2D eigenvalue weighted by Crippen LogP contribution is -2.31. The molecule has 0 spiro atoms. The van der Waals surface area contributed by atoms with Crippen molar-refractivity contribution in [3.63, 3.8) is 0 Å². The molecule has 100 valence electrons. The summed E-state index contributed by atoms with van der Waals surface area (Å²) >= 11 is 0. The van der Waals surface area contributed by atoms with E-state index < -0.39 is 0 Å². The number of nitrogens with one attached hydrogen (secondary N) is 1. The van der Waals surface area contributed by atoms with Gasteiger partial charge in [0, 0.05) is 19.0 Å². The minimum Gasteiger partial charge on any atom is -0.314 e. The maximum absolute atomic E-state index is 4.37. The highest BCUT2D eigenvalue weighted by Crippen LogP contribution is 2.37. The van der Waals surface area contributed by atoms with Gasteiger partial charge in [-0.1, -0.05) is 13.8 Å². The molecule has 1 aliphatic carbocycles. The lowest BCUT2D eigenvalue weighted by Gasteiger charge is -2.21. The van der Waals surface area contributed by atoms with E-state index >= 15 is 0 Å². The van der Waals surface area contributed by atoms with Crippen molar-refractivity contribution in [2.45, 2.75) is 71.5 Å². The Balaban J connectivity index is 1.66. The average molecular weight is 248 g/mol. The topological polar surface area (TPSA) is 42.7 Å². The summed E-state index contributed by atoms with van der Waals surface area (Å²) < 4.78 is 2.30. The van der Waals surface area contributed by atoms with E-state index in [-0.39, 0.29) is 0 Å². The van der Waals surface area contributed by atoms with Crippen LogP contribution in [-0.4, -0.2) is 20.8 Å². The second kappa shape index (κ2) is 4.34. The van der Waals surface area contributed by atoms with Gasteiger partial charge < -0.3 is 9.88 Å². The summed E-state index contributed by atoms with van der Waals surface area (Å²) in [6.45, 7) is 8.06. The zero-order valence-corrected chi connectivity index (χ0v) is 11.7. The van der Waals surface area contributed by atoms with Crippen LogP contribution in [0.25, 0.3) is 0 Å². The van der Waals surface area contributed by atoms with Crippen LogP contribution >= 0.6 is 0 Å². The molecular formula is C14H24N4.